The Bertz CT molecular complexity index is 783. The normalized spacial score (nSPS) is 24.1. The van der Waals surface area contributed by atoms with Crippen LogP contribution in [0.2, 0.25) is 0 Å². The number of nitrogens with one attached hydrogen (secondary N) is 2. The summed E-state index contributed by atoms with van der Waals surface area (Å²) < 4.78 is 32.3. The third-order valence-corrected chi connectivity index (χ3v) is 5.76. The van der Waals surface area contributed by atoms with Crippen molar-refractivity contribution < 1.29 is 17.9 Å². The third-order valence-electron chi connectivity index (χ3n) is 4.36. The summed E-state index contributed by atoms with van der Waals surface area (Å²) in [6.45, 7) is 4.95. The molecule has 3 rings (SSSR count). The molecule has 1 fully saturated rings. The maximum atomic E-state index is 12.6. The van der Waals surface area contributed by atoms with Crippen LogP contribution in [-0.2, 0) is 19.6 Å². The number of rotatable bonds is 5. The number of carbonyl (C=O) groups excluding carboxylic acids is 1. The van der Waals surface area contributed by atoms with Gasteiger partial charge in [-0.3, -0.25) is 14.5 Å². The monoisotopic (exact) mass is 365 g/mol. The lowest BCUT2D eigenvalue weighted by molar-refractivity contribution is -0.123. The van der Waals surface area contributed by atoms with Gasteiger partial charge in [-0.2, -0.15) is 0 Å². The first-order valence-corrected chi connectivity index (χ1v) is 9.96. The average Bonchev–Trinajstić information content (AvgIpc) is 3.17. The zero-order chi connectivity index (χ0) is 18.0. The number of hydrogen-bond acceptors (Lipinski definition) is 5. The number of aliphatic imine (C=N–C) groups is 1. The van der Waals surface area contributed by atoms with Gasteiger partial charge in [0.2, 0.25) is 5.91 Å². The highest BCUT2D eigenvalue weighted by Crippen LogP contribution is 2.23. The van der Waals surface area contributed by atoms with Crippen molar-refractivity contribution in [2.45, 2.75) is 43.7 Å². The largest absolute Gasteiger partial charge is 0.376 e. The minimum Gasteiger partial charge on any atom is -0.376 e. The predicted octanol–water partition coefficient (Wildman–Crippen LogP) is 1.04. The number of benzene rings is 1. The van der Waals surface area contributed by atoms with E-state index < -0.39 is 16.1 Å². The molecule has 2 N–H and O–H groups in total. The van der Waals surface area contributed by atoms with Gasteiger partial charge in [-0.15, -0.1) is 0 Å². The van der Waals surface area contributed by atoms with E-state index >= 15 is 0 Å². The first-order valence-electron chi connectivity index (χ1n) is 8.48. The van der Waals surface area contributed by atoms with Gasteiger partial charge in [0.15, 0.2) is 0 Å². The molecule has 1 saturated heterocycles. The van der Waals surface area contributed by atoms with Gasteiger partial charge in [0, 0.05) is 18.7 Å². The van der Waals surface area contributed by atoms with Crippen LogP contribution >= 0.6 is 0 Å². The summed E-state index contributed by atoms with van der Waals surface area (Å²) in [6.07, 6.45) is 2.00. The summed E-state index contributed by atoms with van der Waals surface area (Å²) in [5.41, 5.74) is 0.500. The quantitative estimate of drug-likeness (QED) is 0.815. The van der Waals surface area contributed by atoms with Crippen molar-refractivity contribution in [2.75, 3.05) is 13.2 Å². The highest BCUT2D eigenvalue weighted by Gasteiger charge is 2.32. The highest BCUT2D eigenvalue weighted by molar-refractivity contribution is 7.90. The van der Waals surface area contributed by atoms with Gasteiger partial charge < -0.3 is 10.1 Å². The number of sulfonamides is 1. The third kappa shape index (κ3) is 3.85. The average molecular weight is 365 g/mol. The van der Waals surface area contributed by atoms with E-state index in [2.05, 4.69) is 15.0 Å². The second-order valence-electron chi connectivity index (χ2n) is 6.65. The molecule has 0 spiro atoms. The molecule has 1 aromatic rings. The number of ether oxygens (including phenoxy) is 1. The van der Waals surface area contributed by atoms with E-state index in [1.807, 2.05) is 13.8 Å². The molecule has 0 bridgehead atoms. The summed E-state index contributed by atoms with van der Waals surface area (Å²) >= 11 is 0. The molecule has 2 aliphatic heterocycles. The Morgan fingerprint density at radius 3 is 2.84 bits per heavy atom. The molecule has 0 radical (unpaired) electrons. The van der Waals surface area contributed by atoms with Crippen molar-refractivity contribution in [3.63, 3.8) is 0 Å². The maximum absolute atomic E-state index is 12.6. The highest BCUT2D eigenvalue weighted by atomic mass is 32.2. The molecule has 0 unspecified atom stereocenters. The smallest absolute Gasteiger partial charge is 0.263 e. The van der Waals surface area contributed by atoms with E-state index in [1.54, 1.807) is 18.2 Å². The summed E-state index contributed by atoms with van der Waals surface area (Å²) in [7, 11) is -3.61. The van der Waals surface area contributed by atoms with Crippen molar-refractivity contribution in [1.29, 1.82) is 0 Å². The van der Waals surface area contributed by atoms with Gasteiger partial charge in [-0.25, -0.2) is 8.42 Å². The molecule has 8 heteroatoms. The van der Waals surface area contributed by atoms with Crippen LogP contribution in [0.1, 0.15) is 32.3 Å². The van der Waals surface area contributed by atoms with Crippen molar-refractivity contribution in [2.24, 2.45) is 10.9 Å². The number of nitrogens with zero attached hydrogens (tertiary/aromatic N) is 1. The van der Waals surface area contributed by atoms with Crippen LogP contribution in [0.4, 0.5) is 0 Å². The zero-order valence-corrected chi connectivity index (χ0v) is 15.2. The fraction of sp³-hybridized carbons (Fsp3) is 0.529. The van der Waals surface area contributed by atoms with Gasteiger partial charge in [0.05, 0.1) is 11.0 Å². The number of amidine groups is 1. The minimum atomic E-state index is -3.61. The number of amides is 1. The van der Waals surface area contributed by atoms with Gasteiger partial charge in [-0.05, 0) is 30.9 Å². The van der Waals surface area contributed by atoms with Crippen LogP contribution in [0.25, 0.3) is 0 Å². The first kappa shape index (κ1) is 17.9. The van der Waals surface area contributed by atoms with Gasteiger partial charge >= 0.3 is 0 Å². The molecule has 0 saturated carbocycles. The summed E-state index contributed by atoms with van der Waals surface area (Å²) in [5, 5.41) is 2.88. The zero-order valence-electron chi connectivity index (χ0n) is 14.4. The van der Waals surface area contributed by atoms with Gasteiger partial charge in [0.1, 0.15) is 11.9 Å². The van der Waals surface area contributed by atoms with Crippen molar-refractivity contribution >= 4 is 21.8 Å². The fourth-order valence-corrected chi connectivity index (χ4v) is 4.24. The van der Waals surface area contributed by atoms with E-state index in [-0.39, 0.29) is 28.7 Å². The Kier molecular flexibility index (Phi) is 5.10. The van der Waals surface area contributed by atoms with Crippen LogP contribution in [0.15, 0.2) is 34.2 Å². The van der Waals surface area contributed by atoms with E-state index in [4.69, 9.17) is 4.74 Å². The summed E-state index contributed by atoms with van der Waals surface area (Å²) in [4.78, 5) is 17.2. The summed E-state index contributed by atoms with van der Waals surface area (Å²) in [5.74, 6) is -0.0718. The van der Waals surface area contributed by atoms with Gasteiger partial charge in [-0.1, -0.05) is 26.0 Å². The molecular formula is C17H23N3O4S. The molecule has 25 heavy (non-hydrogen) atoms. The number of hydrogen-bond donors (Lipinski definition) is 2. The van der Waals surface area contributed by atoms with E-state index in [9.17, 15) is 13.2 Å². The minimum absolute atomic E-state index is 0.0510. The Hall–Kier alpha value is -1.93. The number of fused-ring (bicyclic) bond motifs is 1. The topological polar surface area (TPSA) is 96.9 Å². The van der Waals surface area contributed by atoms with Crippen LogP contribution in [-0.4, -0.2) is 45.5 Å². The molecule has 136 valence electrons. The van der Waals surface area contributed by atoms with Crippen molar-refractivity contribution in [3.05, 3.63) is 29.8 Å². The van der Waals surface area contributed by atoms with Crippen LogP contribution in [0.3, 0.4) is 0 Å². The Balaban J connectivity index is 1.79. The lowest BCUT2D eigenvalue weighted by Crippen LogP contribution is -2.41. The molecular weight excluding hydrogens is 342 g/mol. The Morgan fingerprint density at radius 2 is 2.16 bits per heavy atom. The van der Waals surface area contributed by atoms with Crippen LogP contribution < -0.4 is 10.0 Å². The van der Waals surface area contributed by atoms with E-state index in [1.165, 1.54) is 6.07 Å². The van der Waals surface area contributed by atoms with Crippen molar-refractivity contribution in [1.82, 2.24) is 10.0 Å². The molecule has 1 aromatic carbocycles. The van der Waals surface area contributed by atoms with E-state index in [0.29, 0.717) is 12.1 Å². The molecule has 2 atom stereocenters. The summed E-state index contributed by atoms with van der Waals surface area (Å²) in [6, 6.07) is 5.95. The van der Waals surface area contributed by atoms with Gasteiger partial charge in [0.25, 0.3) is 10.0 Å². The molecule has 2 heterocycles. The van der Waals surface area contributed by atoms with Crippen LogP contribution in [0, 0.1) is 5.92 Å². The molecule has 2 aliphatic rings. The lowest BCUT2D eigenvalue weighted by Gasteiger charge is -2.18. The second-order valence-corrected chi connectivity index (χ2v) is 8.30. The Labute approximate surface area is 147 Å². The van der Waals surface area contributed by atoms with Crippen molar-refractivity contribution in [3.8, 4) is 0 Å². The second kappa shape index (κ2) is 7.13. The molecule has 0 aliphatic carbocycles. The van der Waals surface area contributed by atoms with E-state index in [0.717, 1.165) is 19.4 Å². The maximum Gasteiger partial charge on any atom is 0.263 e. The number of carbonyl (C=O) groups is 1. The standard InChI is InChI=1S/C17H23N3O4S/c1-11(2)15(17(21)18-10-12-6-5-9-24-12)19-16-13-7-3-4-8-14(13)25(22,23)20-16/h3-4,7-8,11-12,15H,5-6,9-10H2,1-2H3,(H,18,21)(H,19,20)/t12-,15+/m1/s1. The van der Waals surface area contributed by atoms with Crippen LogP contribution in [0.5, 0.6) is 0 Å². The molecule has 1 amide bonds. The lowest BCUT2D eigenvalue weighted by atomic mass is 10.0. The Morgan fingerprint density at radius 1 is 1.40 bits per heavy atom. The predicted molar refractivity (Wildman–Crippen MR) is 93.9 cm³/mol. The fourth-order valence-electron chi connectivity index (χ4n) is 3.00. The SMILES string of the molecule is CC(C)[C@H](N=C1NS(=O)(=O)c2ccccc21)C(=O)NC[C@H]1CCCO1. The first-order chi connectivity index (χ1) is 11.9. The molecule has 0 aromatic heterocycles. The molecule has 7 nitrogen and oxygen atoms in total.